The molecule has 25 heavy (non-hydrogen) atoms. The molecule has 0 bridgehead atoms. The Balaban J connectivity index is 1.92. The van der Waals surface area contributed by atoms with Gasteiger partial charge in [-0.2, -0.15) is 0 Å². The van der Waals surface area contributed by atoms with Crippen LogP contribution in [0.3, 0.4) is 0 Å². The second kappa shape index (κ2) is 7.72. The number of pyridine rings is 1. The summed E-state index contributed by atoms with van der Waals surface area (Å²) in [6.07, 6.45) is 4.97. The number of hydrogen-bond acceptors (Lipinski definition) is 4. The third kappa shape index (κ3) is 3.92. The molecule has 2 aromatic heterocycles. The zero-order valence-electron chi connectivity index (χ0n) is 13.8. The summed E-state index contributed by atoms with van der Waals surface area (Å²) in [5.41, 5.74) is 6.48. The number of aryl methyl sites for hydroxylation is 1. The van der Waals surface area contributed by atoms with Crippen LogP contribution in [0.25, 0.3) is 11.3 Å². The first-order valence-electron chi connectivity index (χ1n) is 7.79. The van der Waals surface area contributed by atoms with Crippen LogP contribution in [0.4, 0.5) is 0 Å². The number of nitrogens with one attached hydrogen (secondary N) is 1. The van der Waals surface area contributed by atoms with Crippen molar-refractivity contribution in [2.75, 3.05) is 0 Å². The molecule has 0 aliphatic rings. The molecular weight excluding hydrogens is 332 g/mol. The lowest BCUT2D eigenvalue weighted by Crippen LogP contribution is -2.24. The number of carbonyl (C=O) groups is 1. The first kappa shape index (κ1) is 16.9. The van der Waals surface area contributed by atoms with Gasteiger partial charge in [-0.05, 0) is 24.6 Å². The SMILES string of the molecule is C=CCn1c(-c2ccc(C)cc2)cs/c1=N/NC(=O)c1ccncc1. The Morgan fingerprint density at radius 3 is 2.68 bits per heavy atom. The van der Waals surface area contributed by atoms with Gasteiger partial charge in [0, 0.05) is 29.9 Å². The number of carbonyl (C=O) groups excluding carboxylic acids is 1. The van der Waals surface area contributed by atoms with E-state index >= 15 is 0 Å². The lowest BCUT2D eigenvalue weighted by molar-refractivity contribution is 0.0953. The molecule has 0 radical (unpaired) electrons. The number of benzene rings is 1. The Bertz CT molecular complexity index is 940. The molecule has 0 fully saturated rings. The molecule has 1 N–H and O–H groups in total. The van der Waals surface area contributed by atoms with E-state index in [0.717, 1.165) is 11.3 Å². The largest absolute Gasteiger partial charge is 0.311 e. The zero-order chi connectivity index (χ0) is 17.6. The van der Waals surface area contributed by atoms with Crippen molar-refractivity contribution >= 4 is 17.2 Å². The van der Waals surface area contributed by atoms with E-state index in [-0.39, 0.29) is 5.91 Å². The van der Waals surface area contributed by atoms with Gasteiger partial charge in [-0.15, -0.1) is 23.0 Å². The van der Waals surface area contributed by atoms with E-state index in [1.807, 2.05) is 16.0 Å². The van der Waals surface area contributed by atoms with E-state index in [0.29, 0.717) is 16.9 Å². The van der Waals surface area contributed by atoms with Crippen molar-refractivity contribution in [3.05, 3.63) is 82.8 Å². The Kier molecular flexibility index (Phi) is 5.20. The zero-order valence-corrected chi connectivity index (χ0v) is 14.7. The smallest absolute Gasteiger partial charge is 0.271 e. The summed E-state index contributed by atoms with van der Waals surface area (Å²) in [6, 6.07) is 11.6. The van der Waals surface area contributed by atoms with E-state index in [2.05, 4.69) is 53.3 Å². The van der Waals surface area contributed by atoms with Crippen LogP contribution in [-0.2, 0) is 6.54 Å². The van der Waals surface area contributed by atoms with Crippen LogP contribution < -0.4 is 10.2 Å². The fourth-order valence-electron chi connectivity index (χ4n) is 2.35. The number of rotatable bonds is 5. The highest BCUT2D eigenvalue weighted by Crippen LogP contribution is 2.20. The second-order valence-electron chi connectivity index (χ2n) is 5.46. The quantitative estimate of drug-likeness (QED) is 0.567. The van der Waals surface area contributed by atoms with Crippen LogP contribution in [0.1, 0.15) is 15.9 Å². The fraction of sp³-hybridized carbons (Fsp3) is 0.105. The van der Waals surface area contributed by atoms with E-state index in [9.17, 15) is 4.79 Å². The average Bonchev–Trinajstić information content (AvgIpc) is 3.04. The van der Waals surface area contributed by atoms with Gasteiger partial charge in [0.2, 0.25) is 4.80 Å². The molecule has 0 spiro atoms. The fourth-order valence-corrected chi connectivity index (χ4v) is 3.22. The van der Waals surface area contributed by atoms with Gasteiger partial charge in [0.1, 0.15) is 0 Å². The van der Waals surface area contributed by atoms with Gasteiger partial charge in [0.25, 0.3) is 5.91 Å². The number of hydrogen-bond donors (Lipinski definition) is 1. The second-order valence-corrected chi connectivity index (χ2v) is 6.29. The predicted octanol–water partition coefficient (Wildman–Crippen LogP) is 3.35. The van der Waals surface area contributed by atoms with Gasteiger partial charge >= 0.3 is 0 Å². The minimum absolute atomic E-state index is 0.266. The molecule has 0 saturated carbocycles. The summed E-state index contributed by atoms with van der Waals surface area (Å²) in [6.45, 7) is 6.48. The van der Waals surface area contributed by atoms with Crippen LogP contribution in [0, 0.1) is 6.92 Å². The molecular formula is C19H18N4OS. The summed E-state index contributed by atoms with van der Waals surface area (Å²) >= 11 is 1.47. The summed E-state index contributed by atoms with van der Waals surface area (Å²) in [5.74, 6) is -0.266. The summed E-state index contributed by atoms with van der Waals surface area (Å²) in [5, 5.41) is 6.31. The molecule has 0 unspecified atom stereocenters. The van der Waals surface area contributed by atoms with Gasteiger partial charge in [-0.3, -0.25) is 9.78 Å². The van der Waals surface area contributed by atoms with Gasteiger partial charge in [-0.1, -0.05) is 35.9 Å². The van der Waals surface area contributed by atoms with E-state index in [1.54, 1.807) is 24.5 Å². The van der Waals surface area contributed by atoms with Crippen LogP contribution in [-0.4, -0.2) is 15.5 Å². The molecule has 0 aliphatic carbocycles. The van der Waals surface area contributed by atoms with Gasteiger partial charge in [-0.25, -0.2) is 5.43 Å². The van der Waals surface area contributed by atoms with Crippen LogP contribution in [0.5, 0.6) is 0 Å². The van der Waals surface area contributed by atoms with Crippen molar-refractivity contribution in [1.82, 2.24) is 15.0 Å². The molecule has 126 valence electrons. The summed E-state index contributed by atoms with van der Waals surface area (Å²) in [7, 11) is 0. The maximum absolute atomic E-state index is 12.1. The van der Waals surface area contributed by atoms with Crippen molar-refractivity contribution in [3.63, 3.8) is 0 Å². The monoisotopic (exact) mass is 350 g/mol. The third-order valence-electron chi connectivity index (χ3n) is 3.65. The Hall–Kier alpha value is -2.99. The molecule has 6 heteroatoms. The highest BCUT2D eigenvalue weighted by atomic mass is 32.1. The highest BCUT2D eigenvalue weighted by Gasteiger charge is 2.08. The van der Waals surface area contributed by atoms with Gasteiger partial charge < -0.3 is 4.57 Å². The molecule has 1 aromatic carbocycles. The minimum atomic E-state index is -0.266. The first-order chi connectivity index (χ1) is 12.2. The molecule has 2 heterocycles. The van der Waals surface area contributed by atoms with Crippen molar-refractivity contribution in [2.24, 2.45) is 5.10 Å². The van der Waals surface area contributed by atoms with E-state index in [4.69, 9.17) is 0 Å². The Labute approximate surface area is 150 Å². The van der Waals surface area contributed by atoms with Crippen molar-refractivity contribution < 1.29 is 4.79 Å². The van der Waals surface area contributed by atoms with Gasteiger partial charge in [0.05, 0.1) is 5.69 Å². The maximum Gasteiger partial charge on any atom is 0.271 e. The van der Waals surface area contributed by atoms with Gasteiger partial charge in [0.15, 0.2) is 0 Å². The van der Waals surface area contributed by atoms with Crippen LogP contribution in [0.15, 0.2) is 71.9 Å². The molecule has 0 saturated heterocycles. The molecule has 0 atom stereocenters. The lowest BCUT2D eigenvalue weighted by Gasteiger charge is -2.07. The standard InChI is InChI=1S/C19H18N4OS/c1-3-12-23-17(15-6-4-14(2)5-7-15)13-25-19(23)22-21-18(24)16-8-10-20-11-9-16/h3-11,13H,1,12H2,2H3,(H,21,24)/b22-19+. The minimum Gasteiger partial charge on any atom is -0.311 e. The van der Waals surface area contributed by atoms with E-state index in [1.165, 1.54) is 16.9 Å². The van der Waals surface area contributed by atoms with Crippen LogP contribution >= 0.6 is 11.3 Å². The predicted molar refractivity (Wildman–Crippen MR) is 99.9 cm³/mol. The maximum atomic E-state index is 12.1. The molecule has 3 aromatic rings. The third-order valence-corrected chi connectivity index (χ3v) is 4.52. The Morgan fingerprint density at radius 1 is 1.28 bits per heavy atom. The summed E-state index contributed by atoms with van der Waals surface area (Å²) in [4.78, 5) is 16.8. The summed E-state index contributed by atoms with van der Waals surface area (Å²) < 4.78 is 2.02. The molecule has 5 nitrogen and oxygen atoms in total. The number of amides is 1. The van der Waals surface area contributed by atoms with Crippen molar-refractivity contribution in [1.29, 1.82) is 0 Å². The molecule has 0 aliphatic heterocycles. The van der Waals surface area contributed by atoms with Crippen molar-refractivity contribution in [2.45, 2.75) is 13.5 Å². The van der Waals surface area contributed by atoms with Crippen LogP contribution in [0.2, 0.25) is 0 Å². The number of allylic oxidation sites excluding steroid dienone is 1. The molecule has 1 amide bonds. The highest BCUT2D eigenvalue weighted by molar-refractivity contribution is 7.07. The topological polar surface area (TPSA) is 59.3 Å². The lowest BCUT2D eigenvalue weighted by atomic mass is 10.1. The first-order valence-corrected chi connectivity index (χ1v) is 8.67. The normalized spacial score (nSPS) is 11.3. The number of thiazole rings is 1. The van der Waals surface area contributed by atoms with Crippen molar-refractivity contribution in [3.8, 4) is 11.3 Å². The van der Waals surface area contributed by atoms with E-state index < -0.39 is 0 Å². The average molecular weight is 350 g/mol. The number of nitrogens with zero attached hydrogens (tertiary/aromatic N) is 3. The Morgan fingerprint density at radius 2 is 2.00 bits per heavy atom. The molecule has 3 rings (SSSR count). The number of aromatic nitrogens is 2.